The van der Waals surface area contributed by atoms with Gasteiger partial charge in [-0.15, -0.1) is 0 Å². The van der Waals surface area contributed by atoms with Gasteiger partial charge in [0.1, 0.15) is 17.3 Å². The van der Waals surface area contributed by atoms with Gasteiger partial charge in [0, 0.05) is 38.2 Å². The average molecular weight is 291 g/mol. The molecule has 2 rings (SSSR count). The molecule has 0 fully saturated rings. The molecule has 0 aliphatic carbocycles. The van der Waals surface area contributed by atoms with Gasteiger partial charge in [-0.25, -0.2) is 9.97 Å². The van der Waals surface area contributed by atoms with Crippen LogP contribution >= 0.6 is 0 Å². The minimum absolute atomic E-state index is 0.0807. The van der Waals surface area contributed by atoms with Crippen LogP contribution in [0.1, 0.15) is 41.6 Å². The smallest absolute Gasteiger partial charge is 0.270 e. The molecule has 1 N–H and O–H groups in total. The molecule has 1 aromatic rings. The average Bonchev–Trinajstić information content (AvgIpc) is 2.44. The van der Waals surface area contributed by atoms with Gasteiger partial charge in [-0.05, 0) is 20.5 Å². The minimum atomic E-state index is -0.0807. The molecule has 2 heterocycles. The van der Waals surface area contributed by atoms with Crippen LogP contribution in [-0.2, 0) is 6.42 Å². The summed E-state index contributed by atoms with van der Waals surface area (Å²) in [5, 5.41) is 2.86. The lowest BCUT2D eigenvalue weighted by atomic mass is 10.0. The van der Waals surface area contributed by atoms with E-state index in [-0.39, 0.29) is 11.8 Å². The summed E-state index contributed by atoms with van der Waals surface area (Å²) < 4.78 is 0. The molecule has 0 saturated heterocycles. The Morgan fingerprint density at radius 2 is 1.90 bits per heavy atom. The van der Waals surface area contributed by atoms with Gasteiger partial charge in [0.25, 0.3) is 5.91 Å². The van der Waals surface area contributed by atoms with E-state index < -0.39 is 0 Å². The van der Waals surface area contributed by atoms with Crippen molar-refractivity contribution in [2.75, 3.05) is 45.7 Å². The number of nitrogens with zero attached hydrogens (tertiary/aromatic N) is 4. The highest BCUT2D eigenvalue weighted by Gasteiger charge is 2.25. The Labute approximate surface area is 126 Å². The molecule has 0 aromatic carbocycles. The van der Waals surface area contributed by atoms with Crippen LogP contribution < -0.4 is 10.2 Å². The van der Waals surface area contributed by atoms with E-state index in [0.29, 0.717) is 12.2 Å². The highest BCUT2D eigenvalue weighted by atomic mass is 16.1. The summed E-state index contributed by atoms with van der Waals surface area (Å²) in [4.78, 5) is 25.5. The van der Waals surface area contributed by atoms with Crippen LogP contribution in [0.3, 0.4) is 0 Å². The van der Waals surface area contributed by atoms with Crippen LogP contribution in [-0.4, -0.2) is 61.6 Å². The van der Waals surface area contributed by atoms with E-state index in [1.54, 1.807) is 0 Å². The van der Waals surface area contributed by atoms with Crippen molar-refractivity contribution in [1.29, 1.82) is 0 Å². The number of anilines is 1. The summed E-state index contributed by atoms with van der Waals surface area (Å²) in [6.07, 6.45) is 0.793. The van der Waals surface area contributed by atoms with E-state index in [9.17, 15) is 4.79 Å². The molecule has 1 aromatic heterocycles. The van der Waals surface area contributed by atoms with Crippen molar-refractivity contribution < 1.29 is 4.79 Å². The second-order valence-electron chi connectivity index (χ2n) is 6.12. The molecule has 0 bridgehead atoms. The third kappa shape index (κ3) is 3.50. The topological polar surface area (TPSA) is 61.4 Å². The lowest BCUT2D eigenvalue weighted by Crippen LogP contribution is -2.36. The predicted octanol–water partition coefficient (Wildman–Crippen LogP) is 0.884. The maximum atomic E-state index is 12.1. The first-order valence-electron chi connectivity index (χ1n) is 7.45. The lowest BCUT2D eigenvalue weighted by molar-refractivity contribution is 0.0940. The van der Waals surface area contributed by atoms with Crippen molar-refractivity contribution in [3.05, 3.63) is 17.1 Å². The first kappa shape index (κ1) is 15.7. The second-order valence-corrected chi connectivity index (χ2v) is 6.12. The number of rotatable bonds is 5. The maximum Gasteiger partial charge on any atom is 0.270 e. The first-order chi connectivity index (χ1) is 9.90. The molecule has 6 heteroatoms. The largest absolute Gasteiger partial charge is 0.358 e. The number of carbonyl (C=O) groups is 1. The number of hydrogen-bond acceptors (Lipinski definition) is 5. The summed E-state index contributed by atoms with van der Waals surface area (Å²) in [5.41, 5.74) is 1.52. The summed E-state index contributed by atoms with van der Waals surface area (Å²) in [5.74, 6) is 1.76. The van der Waals surface area contributed by atoms with Gasteiger partial charge in [0.15, 0.2) is 0 Å². The SMILES string of the molecule is CC(C)c1nc2c(c(N(C)CCN(C)C)n1)CCNC2=O. The second kappa shape index (κ2) is 6.39. The van der Waals surface area contributed by atoms with E-state index in [0.717, 1.165) is 36.7 Å². The van der Waals surface area contributed by atoms with Gasteiger partial charge in [0.2, 0.25) is 0 Å². The van der Waals surface area contributed by atoms with E-state index in [1.165, 1.54) is 0 Å². The molecule has 0 saturated carbocycles. The Bertz CT molecular complexity index is 527. The Hall–Kier alpha value is -1.69. The van der Waals surface area contributed by atoms with Gasteiger partial charge < -0.3 is 15.1 Å². The molecule has 1 amide bonds. The molecule has 1 aliphatic rings. The Kier molecular flexibility index (Phi) is 4.77. The Balaban J connectivity index is 2.40. The van der Waals surface area contributed by atoms with E-state index >= 15 is 0 Å². The summed E-state index contributed by atoms with van der Waals surface area (Å²) in [6, 6.07) is 0. The molecule has 1 aliphatic heterocycles. The fourth-order valence-electron chi connectivity index (χ4n) is 2.32. The summed E-state index contributed by atoms with van der Waals surface area (Å²) in [7, 11) is 6.13. The maximum absolute atomic E-state index is 12.1. The van der Waals surface area contributed by atoms with Crippen LogP contribution in [0.5, 0.6) is 0 Å². The van der Waals surface area contributed by atoms with E-state index in [2.05, 4.69) is 34.2 Å². The van der Waals surface area contributed by atoms with Crippen molar-refractivity contribution in [3.63, 3.8) is 0 Å². The third-order valence-electron chi connectivity index (χ3n) is 3.64. The zero-order valence-electron chi connectivity index (χ0n) is 13.6. The monoisotopic (exact) mass is 291 g/mol. The number of aromatic nitrogens is 2. The van der Waals surface area contributed by atoms with Gasteiger partial charge >= 0.3 is 0 Å². The van der Waals surface area contributed by atoms with Crippen LogP contribution in [0.4, 0.5) is 5.82 Å². The zero-order chi connectivity index (χ0) is 15.6. The molecular formula is C15H25N5O. The highest BCUT2D eigenvalue weighted by molar-refractivity contribution is 5.96. The zero-order valence-corrected chi connectivity index (χ0v) is 13.6. The third-order valence-corrected chi connectivity index (χ3v) is 3.64. The number of carbonyl (C=O) groups excluding carboxylic acids is 1. The van der Waals surface area contributed by atoms with Gasteiger partial charge in [0.05, 0.1) is 0 Å². The van der Waals surface area contributed by atoms with Gasteiger partial charge in [-0.2, -0.15) is 0 Å². The van der Waals surface area contributed by atoms with Crippen molar-refractivity contribution in [2.45, 2.75) is 26.2 Å². The number of amides is 1. The molecule has 6 nitrogen and oxygen atoms in total. The highest BCUT2D eigenvalue weighted by Crippen LogP contribution is 2.25. The lowest BCUT2D eigenvalue weighted by Gasteiger charge is -2.27. The summed E-state index contributed by atoms with van der Waals surface area (Å²) >= 11 is 0. The Morgan fingerprint density at radius 3 is 2.52 bits per heavy atom. The molecular weight excluding hydrogens is 266 g/mol. The molecule has 0 unspecified atom stereocenters. The molecule has 0 spiro atoms. The van der Waals surface area contributed by atoms with Crippen LogP contribution in [0, 0.1) is 0 Å². The van der Waals surface area contributed by atoms with E-state index in [4.69, 9.17) is 4.98 Å². The van der Waals surface area contributed by atoms with Crippen molar-refractivity contribution in [2.24, 2.45) is 0 Å². The normalized spacial score (nSPS) is 14.3. The molecule has 0 radical (unpaired) electrons. The quantitative estimate of drug-likeness (QED) is 0.873. The van der Waals surface area contributed by atoms with Crippen LogP contribution in [0.15, 0.2) is 0 Å². The van der Waals surface area contributed by atoms with Crippen molar-refractivity contribution in [3.8, 4) is 0 Å². The van der Waals surface area contributed by atoms with Crippen molar-refractivity contribution >= 4 is 11.7 Å². The number of fused-ring (bicyclic) bond motifs is 1. The van der Waals surface area contributed by atoms with Crippen LogP contribution in [0.2, 0.25) is 0 Å². The number of hydrogen-bond donors (Lipinski definition) is 1. The van der Waals surface area contributed by atoms with Crippen molar-refractivity contribution in [1.82, 2.24) is 20.2 Å². The fraction of sp³-hybridized carbons (Fsp3) is 0.667. The standard InChI is InChI=1S/C15H25N5O/c1-10(2)13-17-12-11(6-7-16-15(12)21)14(18-13)20(5)9-8-19(3)4/h10H,6-9H2,1-5H3,(H,16,21). The number of nitrogens with one attached hydrogen (secondary N) is 1. The minimum Gasteiger partial charge on any atom is -0.358 e. The van der Waals surface area contributed by atoms with Gasteiger partial charge in [-0.1, -0.05) is 13.8 Å². The molecule has 116 valence electrons. The Morgan fingerprint density at radius 1 is 1.19 bits per heavy atom. The van der Waals surface area contributed by atoms with Crippen LogP contribution in [0.25, 0.3) is 0 Å². The predicted molar refractivity (Wildman–Crippen MR) is 84.0 cm³/mol. The molecule has 0 atom stereocenters. The summed E-state index contributed by atoms with van der Waals surface area (Å²) in [6.45, 7) is 6.57. The molecule has 21 heavy (non-hydrogen) atoms. The van der Waals surface area contributed by atoms with E-state index in [1.807, 2.05) is 20.9 Å². The first-order valence-corrected chi connectivity index (χ1v) is 7.45. The van der Waals surface area contributed by atoms with Gasteiger partial charge in [-0.3, -0.25) is 4.79 Å². The number of likely N-dealkylation sites (N-methyl/N-ethyl adjacent to an activating group) is 2. The fourth-order valence-corrected chi connectivity index (χ4v) is 2.32.